The van der Waals surface area contributed by atoms with Crippen molar-refractivity contribution < 1.29 is 9.53 Å². The van der Waals surface area contributed by atoms with Crippen molar-refractivity contribution in [3.63, 3.8) is 0 Å². The normalized spacial score (nSPS) is 20.7. The van der Waals surface area contributed by atoms with Gasteiger partial charge in [-0.1, -0.05) is 36.8 Å². The molecular formula is C22H35N3O2. The van der Waals surface area contributed by atoms with Crippen molar-refractivity contribution >= 4 is 6.09 Å². The molecule has 2 aliphatic rings. The van der Waals surface area contributed by atoms with Crippen LogP contribution in [0, 0.1) is 5.41 Å². The number of amides is 1. The molecule has 1 amide bonds. The molecule has 1 saturated carbocycles. The number of carbonyl (C=O) groups excluding carboxylic acids is 1. The van der Waals surface area contributed by atoms with E-state index < -0.39 is 5.60 Å². The molecule has 0 spiro atoms. The van der Waals surface area contributed by atoms with Crippen LogP contribution < -0.4 is 5.32 Å². The van der Waals surface area contributed by atoms with Crippen LogP contribution in [0.4, 0.5) is 4.79 Å². The minimum Gasteiger partial charge on any atom is -0.444 e. The van der Waals surface area contributed by atoms with Gasteiger partial charge in [-0.15, -0.1) is 0 Å². The molecule has 1 saturated heterocycles. The Labute approximate surface area is 164 Å². The second-order valence-corrected chi connectivity index (χ2v) is 9.25. The highest BCUT2D eigenvalue weighted by molar-refractivity contribution is 5.67. The maximum atomic E-state index is 12.0. The summed E-state index contributed by atoms with van der Waals surface area (Å²) in [5, 5.41) is 3.01. The largest absolute Gasteiger partial charge is 0.444 e. The lowest BCUT2D eigenvalue weighted by Crippen LogP contribution is -2.54. The molecule has 0 bridgehead atoms. The zero-order chi connectivity index (χ0) is 19.3. The van der Waals surface area contributed by atoms with Gasteiger partial charge in [0.25, 0.3) is 0 Å². The van der Waals surface area contributed by atoms with E-state index in [0.29, 0.717) is 0 Å². The molecule has 1 aliphatic carbocycles. The van der Waals surface area contributed by atoms with Crippen LogP contribution in [0.3, 0.4) is 0 Å². The van der Waals surface area contributed by atoms with Crippen LogP contribution in [-0.4, -0.2) is 60.8 Å². The smallest absolute Gasteiger partial charge is 0.407 e. The molecule has 0 unspecified atom stereocenters. The minimum absolute atomic E-state index is 0.235. The first-order chi connectivity index (χ1) is 12.8. The Morgan fingerprint density at radius 1 is 1.07 bits per heavy atom. The van der Waals surface area contributed by atoms with Gasteiger partial charge in [-0.05, 0) is 39.2 Å². The lowest BCUT2D eigenvalue weighted by Gasteiger charge is -2.47. The number of nitrogens with zero attached hydrogens (tertiary/aromatic N) is 2. The Kier molecular flexibility index (Phi) is 6.43. The average Bonchev–Trinajstić information content (AvgIpc) is 2.58. The average molecular weight is 374 g/mol. The lowest BCUT2D eigenvalue weighted by atomic mass is 9.68. The highest BCUT2D eigenvalue weighted by Gasteiger charge is 2.39. The fourth-order valence-corrected chi connectivity index (χ4v) is 4.06. The number of hydrogen-bond acceptors (Lipinski definition) is 4. The molecule has 2 fully saturated rings. The minimum atomic E-state index is -0.439. The topological polar surface area (TPSA) is 44.8 Å². The highest BCUT2D eigenvalue weighted by atomic mass is 16.6. The van der Waals surface area contributed by atoms with Crippen LogP contribution in [0.1, 0.15) is 45.6 Å². The summed E-state index contributed by atoms with van der Waals surface area (Å²) in [6.07, 6.45) is 3.38. The summed E-state index contributed by atoms with van der Waals surface area (Å²) in [5.74, 6) is 0. The Bertz CT molecular complexity index is 600. The van der Waals surface area contributed by atoms with E-state index in [1.807, 2.05) is 20.8 Å². The Hall–Kier alpha value is -1.59. The van der Waals surface area contributed by atoms with Crippen molar-refractivity contribution in [2.75, 3.05) is 39.3 Å². The SMILES string of the molecule is CC(C)(C)OC(=O)NCC1(CN2CCN(Cc3ccccc3)CC2)CCC1. The Morgan fingerprint density at radius 3 is 2.26 bits per heavy atom. The summed E-state index contributed by atoms with van der Waals surface area (Å²) < 4.78 is 5.39. The van der Waals surface area contributed by atoms with Crippen molar-refractivity contribution in [3.05, 3.63) is 35.9 Å². The second-order valence-electron chi connectivity index (χ2n) is 9.25. The number of alkyl carbamates (subject to hydrolysis) is 1. The van der Waals surface area contributed by atoms with Gasteiger partial charge in [0, 0.05) is 51.2 Å². The number of ether oxygens (including phenoxy) is 1. The third-order valence-electron chi connectivity index (χ3n) is 5.69. The first-order valence-electron chi connectivity index (χ1n) is 10.3. The molecular weight excluding hydrogens is 338 g/mol. The third kappa shape index (κ3) is 6.22. The van der Waals surface area contributed by atoms with Crippen molar-refractivity contribution in [1.82, 2.24) is 15.1 Å². The van der Waals surface area contributed by atoms with Gasteiger partial charge in [-0.25, -0.2) is 4.79 Å². The Balaban J connectivity index is 1.42. The summed E-state index contributed by atoms with van der Waals surface area (Å²) in [6.45, 7) is 13.0. The van der Waals surface area contributed by atoms with Crippen molar-refractivity contribution in [2.45, 2.75) is 52.2 Å². The number of benzene rings is 1. The predicted octanol–water partition coefficient (Wildman–Crippen LogP) is 3.50. The van der Waals surface area contributed by atoms with Crippen LogP contribution in [0.2, 0.25) is 0 Å². The van der Waals surface area contributed by atoms with Gasteiger partial charge in [-0.3, -0.25) is 4.90 Å². The van der Waals surface area contributed by atoms with Gasteiger partial charge in [0.2, 0.25) is 0 Å². The number of hydrogen-bond donors (Lipinski definition) is 1. The maximum Gasteiger partial charge on any atom is 0.407 e. The molecule has 1 N–H and O–H groups in total. The standard InChI is InChI=1S/C22H35N3O2/c1-21(2,3)27-20(26)23-17-22(10-7-11-22)18-25-14-12-24(13-15-25)16-19-8-5-4-6-9-19/h4-6,8-9H,7,10-18H2,1-3H3,(H,23,26). The van der Waals surface area contributed by atoms with E-state index in [1.54, 1.807) is 0 Å². The van der Waals surface area contributed by atoms with Gasteiger partial charge in [-0.2, -0.15) is 0 Å². The summed E-state index contributed by atoms with van der Waals surface area (Å²) >= 11 is 0. The van der Waals surface area contributed by atoms with Gasteiger partial charge < -0.3 is 15.0 Å². The van der Waals surface area contributed by atoms with Crippen LogP contribution in [0.25, 0.3) is 0 Å². The van der Waals surface area contributed by atoms with E-state index in [9.17, 15) is 4.79 Å². The molecule has 0 radical (unpaired) electrons. The highest BCUT2D eigenvalue weighted by Crippen LogP contribution is 2.41. The molecule has 5 nitrogen and oxygen atoms in total. The van der Waals surface area contributed by atoms with Gasteiger partial charge >= 0.3 is 6.09 Å². The maximum absolute atomic E-state index is 12.0. The van der Waals surface area contributed by atoms with Gasteiger partial charge in [0.15, 0.2) is 0 Å². The van der Waals surface area contributed by atoms with Crippen LogP contribution >= 0.6 is 0 Å². The molecule has 5 heteroatoms. The molecule has 150 valence electrons. The molecule has 0 aromatic heterocycles. The van der Waals surface area contributed by atoms with Crippen LogP contribution in [-0.2, 0) is 11.3 Å². The molecule has 0 atom stereocenters. The number of rotatable bonds is 6. The third-order valence-corrected chi connectivity index (χ3v) is 5.69. The summed E-state index contributed by atoms with van der Waals surface area (Å²) in [5.41, 5.74) is 1.19. The molecule has 27 heavy (non-hydrogen) atoms. The van der Waals surface area contributed by atoms with Crippen LogP contribution in [0.5, 0.6) is 0 Å². The zero-order valence-electron chi connectivity index (χ0n) is 17.2. The summed E-state index contributed by atoms with van der Waals surface area (Å²) in [4.78, 5) is 17.1. The molecule has 3 rings (SSSR count). The molecule has 1 aliphatic heterocycles. The molecule has 1 aromatic rings. The monoisotopic (exact) mass is 373 g/mol. The van der Waals surface area contributed by atoms with E-state index in [-0.39, 0.29) is 11.5 Å². The van der Waals surface area contributed by atoms with E-state index >= 15 is 0 Å². The van der Waals surface area contributed by atoms with Crippen molar-refractivity contribution in [2.24, 2.45) is 5.41 Å². The number of piperazine rings is 1. The van der Waals surface area contributed by atoms with E-state index in [0.717, 1.165) is 45.8 Å². The summed E-state index contributed by atoms with van der Waals surface area (Å²) in [6, 6.07) is 10.7. The van der Waals surface area contributed by atoms with E-state index in [2.05, 4.69) is 45.4 Å². The fraction of sp³-hybridized carbons (Fsp3) is 0.682. The van der Waals surface area contributed by atoms with Crippen molar-refractivity contribution in [1.29, 1.82) is 0 Å². The zero-order valence-corrected chi connectivity index (χ0v) is 17.2. The fourth-order valence-electron chi connectivity index (χ4n) is 4.06. The predicted molar refractivity (Wildman–Crippen MR) is 109 cm³/mol. The first kappa shape index (κ1) is 20.2. The van der Waals surface area contributed by atoms with Gasteiger partial charge in [0.05, 0.1) is 0 Å². The Morgan fingerprint density at radius 2 is 1.70 bits per heavy atom. The quantitative estimate of drug-likeness (QED) is 0.829. The number of nitrogens with one attached hydrogen (secondary N) is 1. The van der Waals surface area contributed by atoms with Crippen LogP contribution in [0.15, 0.2) is 30.3 Å². The van der Waals surface area contributed by atoms with Gasteiger partial charge in [0.1, 0.15) is 5.60 Å². The summed E-state index contributed by atoms with van der Waals surface area (Å²) in [7, 11) is 0. The molecule has 1 heterocycles. The number of carbonyl (C=O) groups is 1. The lowest BCUT2D eigenvalue weighted by molar-refractivity contribution is 0.0245. The first-order valence-corrected chi connectivity index (χ1v) is 10.3. The van der Waals surface area contributed by atoms with E-state index in [1.165, 1.54) is 24.8 Å². The second kappa shape index (κ2) is 8.61. The van der Waals surface area contributed by atoms with Crippen molar-refractivity contribution in [3.8, 4) is 0 Å². The van der Waals surface area contributed by atoms with E-state index in [4.69, 9.17) is 4.74 Å². The molecule has 1 aromatic carbocycles.